The number of benzene rings is 1. The molecular weight excluding hydrogens is 261 g/mol. The quantitative estimate of drug-likeness (QED) is 0.781. The van der Waals surface area contributed by atoms with Gasteiger partial charge >= 0.3 is 0 Å². The number of aryl methyl sites for hydroxylation is 2. The van der Waals surface area contributed by atoms with Gasteiger partial charge in [-0.15, -0.1) is 0 Å². The van der Waals surface area contributed by atoms with Gasteiger partial charge in [0.25, 0.3) is 11.7 Å². The third kappa shape index (κ3) is 1.80. The number of nitrogens with zero attached hydrogens (tertiary/aromatic N) is 3. The zero-order valence-corrected chi connectivity index (χ0v) is 11.1. The summed E-state index contributed by atoms with van der Waals surface area (Å²) in [4.78, 5) is 25.2. The molecule has 6 heteroatoms. The minimum Gasteiger partial charge on any atom is -0.299 e. The Morgan fingerprint density at radius 2 is 2.00 bits per heavy atom. The molecule has 2 aromatic rings. The van der Waals surface area contributed by atoms with Crippen LogP contribution in [0, 0.1) is 12.7 Å². The van der Waals surface area contributed by atoms with E-state index in [1.165, 1.54) is 17.0 Å². The fraction of sp³-hybridized carbons (Fsp3) is 0.214. The van der Waals surface area contributed by atoms with Crippen LogP contribution >= 0.6 is 0 Å². The van der Waals surface area contributed by atoms with Crippen molar-refractivity contribution < 1.29 is 14.0 Å². The second kappa shape index (κ2) is 4.26. The lowest BCUT2D eigenvalue weighted by molar-refractivity contribution is -0.114. The maximum Gasteiger partial charge on any atom is 0.299 e. The molecule has 1 aromatic heterocycles. The van der Waals surface area contributed by atoms with E-state index < -0.39 is 17.5 Å². The molecule has 20 heavy (non-hydrogen) atoms. The van der Waals surface area contributed by atoms with E-state index in [-0.39, 0.29) is 12.1 Å². The molecule has 5 nitrogen and oxygen atoms in total. The molecule has 1 aliphatic heterocycles. The number of amides is 1. The molecule has 0 bridgehead atoms. The van der Waals surface area contributed by atoms with E-state index in [0.717, 1.165) is 17.5 Å². The molecule has 0 fully saturated rings. The molecule has 0 atom stereocenters. The first kappa shape index (κ1) is 12.5. The summed E-state index contributed by atoms with van der Waals surface area (Å²) >= 11 is 0. The summed E-state index contributed by atoms with van der Waals surface area (Å²) in [5.41, 5.74) is 2.20. The molecule has 0 saturated carbocycles. The number of Topliss-reactive ketones (excluding diaryl/α,β-unsaturated/α-hetero) is 1. The van der Waals surface area contributed by atoms with Gasteiger partial charge in [-0.3, -0.25) is 19.2 Å². The van der Waals surface area contributed by atoms with Crippen LogP contribution in [0.15, 0.2) is 24.3 Å². The molecule has 0 radical (unpaired) electrons. The van der Waals surface area contributed by atoms with Gasteiger partial charge in [-0.2, -0.15) is 5.10 Å². The normalized spacial score (nSPS) is 14.1. The van der Waals surface area contributed by atoms with Gasteiger partial charge in [-0.25, -0.2) is 4.39 Å². The van der Waals surface area contributed by atoms with Crippen molar-refractivity contribution in [2.24, 2.45) is 7.05 Å². The van der Waals surface area contributed by atoms with Crippen molar-refractivity contribution in [3.8, 4) is 0 Å². The summed E-state index contributed by atoms with van der Waals surface area (Å²) < 4.78 is 14.8. The van der Waals surface area contributed by atoms with Crippen molar-refractivity contribution in [1.29, 1.82) is 0 Å². The number of rotatable bonds is 2. The predicted octanol–water partition coefficient (Wildman–Crippen LogP) is 1.60. The zero-order chi connectivity index (χ0) is 14.4. The van der Waals surface area contributed by atoms with Gasteiger partial charge in [-0.05, 0) is 31.2 Å². The van der Waals surface area contributed by atoms with Crippen LogP contribution in [-0.4, -0.2) is 21.5 Å². The smallest absolute Gasteiger partial charge is 0.299 e. The number of anilines is 1. The van der Waals surface area contributed by atoms with Crippen molar-refractivity contribution in [2.75, 3.05) is 4.90 Å². The lowest BCUT2D eigenvalue weighted by atomic mass is 10.1. The Hall–Kier alpha value is -2.50. The van der Waals surface area contributed by atoms with E-state index in [1.54, 1.807) is 11.7 Å². The van der Waals surface area contributed by atoms with Crippen LogP contribution in [0.1, 0.15) is 21.7 Å². The summed E-state index contributed by atoms with van der Waals surface area (Å²) in [6, 6.07) is 5.65. The van der Waals surface area contributed by atoms with Crippen molar-refractivity contribution in [3.05, 3.63) is 47.0 Å². The third-order valence-electron chi connectivity index (χ3n) is 3.35. The number of hydrogen-bond acceptors (Lipinski definition) is 3. The van der Waals surface area contributed by atoms with Crippen molar-refractivity contribution in [2.45, 2.75) is 13.5 Å². The Morgan fingerprint density at radius 1 is 1.25 bits per heavy atom. The predicted molar refractivity (Wildman–Crippen MR) is 69.9 cm³/mol. The first-order valence-corrected chi connectivity index (χ1v) is 6.12. The molecule has 1 amide bonds. The van der Waals surface area contributed by atoms with E-state index in [0.29, 0.717) is 5.69 Å². The molecular formula is C14H12FN3O2. The lowest BCUT2D eigenvalue weighted by Gasteiger charge is -2.16. The van der Waals surface area contributed by atoms with E-state index in [2.05, 4.69) is 5.10 Å². The topological polar surface area (TPSA) is 55.2 Å². The van der Waals surface area contributed by atoms with Crippen LogP contribution in [0.2, 0.25) is 0 Å². The van der Waals surface area contributed by atoms with Crippen LogP contribution in [-0.2, 0) is 18.4 Å². The second-order valence-corrected chi connectivity index (χ2v) is 4.78. The monoisotopic (exact) mass is 273 g/mol. The van der Waals surface area contributed by atoms with Crippen molar-refractivity contribution in [1.82, 2.24) is 9.78 Å². The molecule has 0 N–H and O–H groups in total. The van der Waals surface area contributed by atoms with Gasteiger partial charge < -0.3 is 0 Å². The Balaban J connectivity index is 2.01. The highest BCUT2D eigenvalue weighted by Gasteiger charge is 2.36. The Morgan fingerprint density at radius 3 is 2.65 bits per heavy atom. The average Bonchev–Trinajstić information content (AvgIpc) is 2.83. The molecule has 1 aromatic carbocycles. The van der Waals surface area contributed by atoms with E-state index in [4.69, 9.17) is 0 Å². The minimum atomic E-state index is -0.668. The highest BCUT2D eigenvalue weighted by molar-refractivity contribution is 6.52. The molecule has 0 aliphatic carbocycles. The van der Waals surface area contributed by atoms with Crippen molar-refractivity contribution in [3.63, 3.8) is 0 Å². The average molecular weight is 273 g/mol. The van der Waals surface area contributed by atoms with Crippen LogP contribution in [0.3, 0.4) is 0 Å². The Bertz CT molecular complexity index is 736. The van der Waals surface area contributed by atoms with Gasteiger partial charge in [0.1, 0.15) is 5.82 Å². The van der Waals surface area contributed by atoms with Gasteiger partial charge in [0.05, 0.1) is 29.2 Å². The van der Waals surface area contributed by atoms with Gasteiger partial charge in [0.15, 0.2) is 0 Å². The largest absolute Gasteiger partial charge is 0.299 e. The second-order valence-electron chi connectivity index (χ2n) is 4.78. The zero-order valence-electron chi connectivity index (χ0n) is 11.1. The van der Waals surface area contributed by atoms with Crippen LogP contribution in [0.4, 0.5) is 10.1 Å². The first-order valence-electron chi connectivity index (χ1n) is 6.12. The van der Waals surface area contributed by atoms with Crippen LogP contribution in [0.5, 0.6) is 0 Å². The van der Waals surface area contributed by atoms with Gasteiger partial charge in [0.2, 0.25) is 0 Å². The fourth-order valence-electron chi connectivity index (χ4n) is 2.40. The molecule has 0 saturated heterocycles. The number of fused-ring (bicyclic) bond motifs is 1. The third-order valence-corrected chi connectivity index (χ3v) is 3.35. The summed E-state index contributed by atoms with van der Waals surface area (Å²) in [6.07, 6.45) is 0. The number of hydrogen-bond donors (Lipinski definition) is 0. The molecule has 0 spiro atoms. The molecule has 0 unspecified atom stereocenters. The highest BCUT2D eigenvalue weighted by atomic mass is 19.1. The summed E-state index contributed by atoms with van der Waals surface area (Å²) in [5, 5.41) is 4.20. The first-order chi connectivity index (χ1) is 9.47. The van der Waals surface area contributed by atoms with E-state index >= 15 is 0 Å². The lowest BCUT2D eigenvalue weighted by Crippen LogP contribution is -2.30. The number of carbonyl (C=O) groups excluding carboxylic acids is 2. The number of aromatic nitrogens is 2. The Labute approximate surface area is 114 Å². The van der Waals surface area contributed by atoms with Gasteiger partial charge in [0, 0.05) is 7.05 Å². The Kier molecular flexibility index (Phi) is 2.67. The molecule has 1 aliphatic rings. The number of carbonyl (C=O) groups is 2. The molecule has 102 valence electrons. The summed E-state index contributed by atoms with van der Waals surface area (Å²) in [5.74, 6) is -1.83. The van der Waals surface area contributed by atoms with Crippen LogP contribution < -0.4 is 4.90 Å². The summed E-state index contributed by atoms with van der Waals surface area (Å²) in [6.45, 7) is 2.09. The highest BCUT2D eigenvalue weighted by Crippen LogP contribution is 2.30. The van der Waals surface area contributed by atoms with Gasteiger partial charge in [-0.1, -0.05) is 0 Å². The molecule has 2 heterocycles. The number of halogens is 1. The maximum atomic E-state index is 13.2. The standard InChI is InChI=1S/C14H12FN3O2/c1-8-5-10(17(2)16-8)7-18-12-4-3-9(15)6-11(12)13(19)14(18)20/h3-6H,7H2,1-2H3. The van der Waals surface area contributed by atoms with E-state index in [1.807, 2.05) is 13.0 Å². The molecule has 3 rings (SSSR count). The van der Waals surface area contributed by atoms with E-state index in [9.17, 15) is 14.0 Å². The minimum absolute atomic E-state index is 0.119. The SMILES string of the molecule is Cc1cc(CN2C(=O)C(=O)c3cc(F)ccc32)n(C)n1. The van der Waals surface area contributed by atoms with Crippen molar-refractivity contribution >= 4 is 17.4 Å². The fourth-order valence-corrected chi connectivity index (χ4v) is 2.40. The maximum absolute atomic E-state index is 13.2. The number of ketones is 1. The summed E-state index contributed by atoms with van der Waals surface area (Å²) in [7, 11) is 1.77. The van der Waals surface area contributed by atoms with Crippen LogP contribution in [0.25, 0.3) is 0 Å².